The van der Waals surface area contributed by atoms with Crippen molar-refractivity contribution in [3.8, 4) is 5.75 Å². The van der Waals surface area contributed by atoms with Crippen LogP contribution in [0.1, 0.15) is 31.2 Å². The van der Waals surface area contributed by atoms with Gasteiger partial charge in [0.2, 0.25) is 0 Å². The Morgan fingerprint density at radius 2 is 2.00 bits per heavy atom. The molecule has 0 amide bonds. The molecule has 6 heteroatoms. The second kappa shape index (κ2) is 10.1. The van der Waals surface area contributed by atoms with Gasteiger partial charge in [0.25, 0.3) is 0 Å². The van der Waals surface area contributed by atoms with E-state index in [1.807, 2.05) is 36.4 Å². The number of fused-ring (bicyclic) bond motifs is 2. The number of piperazine rings is 1. The summed E-state index contributed by atoms with van der Waals surface area (Å²) in [5.41, 5.74) is 0.815. The number of carboxylic acids is 1. The maximum Gasteiger partial charge on any atom is 0.310 e. The highest BCUT2D eigenvalue weighted by molar-refractivity contribution is 5.86. The molecule has 0 aromatic heterocycles. The molecule has 2 fully saturated rings. The molecule has 0 spiro atoms. The zero-order chi connectivity index (χ0) is 20.8. The molecule has 2 aromatic carbocycles. The summed E-state index contributed by atoms with van der Waals surface area (Å²) in [5, 5.41) is 23.5. The van der Waals surface area contributed by atoms with Gasteiger partial charge in [-0.25, -0.2) is 0 Å². The molecule has 0 radical (unpaired) electrons. The van der Waals surface area contributed by atoms with Crippen molar-refractivity contribution in [1.29, 1.82) is 0 Å². The molecular weight excluding hydrogens is 368 g/mol. The highest BCUT2D eigenvalue weighted by atomic mass is 16.5. The number of hydrogen-bond acceptors (Lipinski definition) is 5. The molecule has 6 nitrogen and oxygen atoms in total. The van der Waals surface area contributed by atoms with Crippen molar-refractivity contribution >= 4 is 16.7 Å². The Kier molecular flexibility index (Phi) is 7.47. The van der Waals surface area contributed by atoms with Crippen LogP contribution >= 0.6 is 0 Å². The van der Waals surface area contributed by atoms with Crippen molar-refractivity contribution in [2.24, 2.45) is 5.92 Å². The molecule has 3 N–H and O–H groups in total. The molecule has 0 bridgehead atoms. The molecule has 2 saturated heterocycles. The average Bonchev–Trinajstić information content (AvgIpc) is 2.77. The minimum Gasteiger partial charge on any atom is -0.497 e. The maximum atomic E-state index is 10.9. The normalized spacial score (nSPS) is 22.9. The summed E-state index contributed by atoms with van der Waals surface area (Å²) in [4.78, 5) is 13.4. The molecule has 2 aliphatic heterocycles. The number of aliphatic hydroxyl groups is 1. The van der Waals surface area contributed by atoms with Crippen LogP contribution in [0.25, 0.3) is 10.8 Å². The summed E-state index contributed by atoms with van der Waals surface area (Å²) in [7, 11) is 1.63. The molecule has 29 heavy (non-hydrogen) atoms. The lowest BCUT2D eigenvalue weighted by atomic mass is 9.92. The smallest absolute Gasteiger partial charge is 0.310 e. The number of methoxy groups -OCH3 is 1. The van der Waals surface area contributed by atoms with Crippen LogP contribution in [-0.2, 0) is 4.79 Å². The second-order valence-corrected chi connectivity index (χ2v) is 8.01. The monoisotopic (exact) mass is 400 g/mol. The van der Waals surface area contributed by atoms with E-state index in [0.717, 1.165) is 47.8 Å². The molecule has 2 aliphatic rings. The molecule has 2 aromatic rings. The lowest BCUT2D eigenvalue weighted by molar-refractivity contribution is -0.138. The summed E-state index contributed by atoms with van der Waals surface area (Å²) < 4.78 is 5.14. The molecule has 158 valence electrons. The molecule has 2 heterocycles. The maximum absolute atomic E-state index is 10.9. The lowest BCUT2D eigenvalue weighted by Gasteiger charge is -2.42. The first-order chi connectivity index (χ1) is 14.0. The number of nitrogens with zero attached hydrogens (tertiary/aromatic N) is 1. The Labute approximate surface area is 172 Å². The molecule has 0 saturated carbocycles. The first-order valence-corrected chi connectivity index (χ1v) is 10.4. The summed E-state index contributed by atoms with van der Waals surface area (Å²) in [6, 6.07) is 12.2. The number of aliphatic carboxylic acids is 1. The minimum absolute atomic E-state index is 0.372. The number of nitrogens with one attached hydrogen (secondary N) is 1. The van der Waals surface area contributed by atoms with Crippen LogP contribution in [0.3, 0.4) is 0 Å². The van der Waals surface area contributed by atoms with Gasteiger partial charge in [-0.1, -0.05) is 24.3 Å². The van der Waals surface area contributed by atoms with Gasteiger partial charge in [-0.05, 0) is 54.2 Å². The molecule has 0 aliphatic carbocycles. The van der Waals surface area contributed by atoms with E-state index in [-0.39, 0.29) is 0 Å². The van der Waals surface area contributed by atoms with Crippen LogP contribution in [-0.4, -0.2) is 67.0 Å². The zero-order valence-corrected chi connectivity index (χ0v) is 17.3. The Hall–Kier alpha value is -2.15. The summed E-state index contributed by atoms with van der Waals surface area (Å²) in [6.07, 6.45) is 2.47. The van der Waals surface area contributed by atoms with Gasteiger partial charge in [0, 0.05) is 38.8 Å². The Morgan fingerprint density at radius 1 is 1.24 bits per heavy atom. The number of hydrogen-bond donors (Lipinski definition) is 3. The van der Waals surface area contributed by atoms with Gasteiger partial charge < -0.3 is 20.3 Å². The zero-order valence-electron chi connectivity index (χ0n) is 17.3. The highest BCUT2D eigenvalue weighted by Gasteiger charge is 2.29. The number of ether oxygens (including phenoxy) is 1. The molecule has 1 unspecified atom stereocenters. The van der Waals surface area contributed by atoms with Crippen molar-refractivity contribution < 1.29 is 19.7 Å². The fourth-order valence-corrected chi connectivity index (χ4v) is 4.11. The van der Waals surface area contributed by atoms with E-state index in [9.17, 15) is 4.79 Å². The van der Waals surface area contributed by atoms with Crippen molar-refractivity contribution in [3.05, 3.63) is 42.0 Å². The molecule has 3 atom stereocenters. The third-order valence-electron chi connectivity index (χ3n) is 6.07. The quantitative estimate of drug-likeness (QED) is 0.732. The van der Waals surface area contributed by atoms with E-state index >= 15 is 0 Å². The number of aliphatic hydroxyl groups excluding tert-OH is 1. The van der Waals surface area contributed by atoms with Gasteiger partial charge in [-0.3, -0.25) is 9.69 Å². The number of rotatable bonds is 4. The fraction of sp³-hybridized carbons (Fsp3) is 0.522. The summed E-state index contributed by atoms with van der Waals surface area (Å²) in [6.45, 7) is 6.61. The number of carbonyl (C=O) groups is 1. The Morgan fingerprint density at radius 3 is 2.72 bits per heavy atom. The Bertz CT molecular complexity index is 826. The van der Waals surface area contributed by atoms with Crippen molar-refractivity contribution in [1.82, 2.24) is 10.2 Å². The minimum atomic E-state index is -0.808. The van der Waals surface area contributed by atoms with Gasteiger partial charge in [0.05, 0.1) is 13.0 Å². The van der Waals surface area contributed by atoms with Crippen LogP contribution in [0.5, 0.6) is 5.75 Å². The largest absolute Gasteiger partial charge is 0.497 e. The van der Waals surface area contributed by atoms with Gasteiger partial charge in [-0.2, -0.15) is 0 Å². The van der Waals surface area contributed by atoms with E-state index in [1.165, 1.54) is 19.4 Å². The van der Waals surface area contributed by atoms with Crippen molar-refractivity contribution in [2.75, 3.05) is 39.9 Å². The topological polar surface area (TPSA) is 82.0 Å². The van der Waals surface area contributed by atoms with Crippen molar-refractivity contribution in [3.63, 3.8) is 0 Å². The van der Waals surface area contributed by atoms with Crippen LogP contribution in [0, 0.1) is 5.92 Å². The average molecular weight is 401 g/mol. The van der Waals surface area contributed by atoms with Gasteiger partial charge in [0.1, 0.15) is 5.75 Å². The van der Waals surface area contributed by atoms with E-state index in [0.29, 0.717) is 12.5 Å². The SMILES string of the molecule is COc1ccc2cc(C(C)C(=O)O)ccc2c1.OC[C@H]1CC[C@H]2CNCCN2C1. The number of benzene rings is 2. The van der Waals surface area contributed by atoms with Crippen molar-refractivity contribution in [2.45, 2.75) is 31.7 Å². The van der Waals surface area contributed by atoms with Crippen LogP contribution < -0.4 is 10.1 Å². The summed E-state index contributed by atoms with van der Waals surface area (Å²) >= 11 is 0. The number of carboxylic acid groups (broad SMARTS) is 1. The van der Waals surface area contributed by atoms with Gasteiger partial charge in [-0.15, -0.1) is 0 Å². The predicted molar refractivity (Wildman–Crippen MR) is 115 cm³/mol. The van der Waals surface area contributed by atoms with Gasteiger partial charge >= 0.3 is 5.97 Å². The van der Waals surface area contributed by atoms with E-state index in [2.05, 4.69) is 10.2 Å². The third kappa shape index (κ3) is 5.47. The highest BCUT2D eigenvalue weighted by Crippen LogP contribution is 2.25. The fourth-order valence-electron chi connectivity index (χ4n) is 4.11. The van der Waals surface area contributed by atoms with E-state index in [1.54, 1.807) is 14.0 Å². The van der Waals surface area contributed by atoms with Crippen LogP contribution in [0.15, 0.2) is 36.4 Å². The lowest BCUT2D eigenvalue weighted by Crippen LogP contribution is -2.55. The molecular formula is C23H32N2O4. The standard InChI is InChI=1S/C14H14O3.C9H18N2O/c1-9(14(15)16)10-3-4-12-8-13(17-2)6-5-11(12)7-10;12-7-8-1-2-9-5-10-3-4-11(9)6-8/h3-9H,1-2H3,(H,15,16);8-10,12H,1-7H2/t;8-,9-/m.0/s1. The Balaban J connectivity index is 0.000000176. The second-order valence-electron chi connectivity index (χ2n) is 8.01. The van der Waals surface area contributed by atoms with Crippen LogP contribution in [0.4, 0.5) is 0 Å². The van der Waals surface area contributed by atoms with Crippen LogP contribution in [0.2, 0.25) is 0 Å². The summed E-state index contributed by atoms with van der Waals surface area (Å²) in [5.74, 6) is 0.0512. The first kappa shape index (κ1) is 21.6. The predicted octanol–water partition coefficient (Wildman–Crippen LogP) is 2.70. The third-order valence-corrected chi connectivity index (χ3v) is 6.07. The first-order valence-electron chi connectivity index (χ1n) is 10.4. The van der Waals surface area contributed by atoms with E-state index < -0.39 is 11.9 Å². The van der Waals surface area contributed by atoms with Gasteiger partial charge in [0.15, 0.2) is 0 Å². The number of piperidine rings is 1. The molecule has 4 rings (SSSR count). The van der Waals surface area contributed by atoms with E-state index in [4.69, 9.17) is 14.9 Å².